The Morgan fingerprint density at radius 3 is 2.89 bits per heavy atom. The molecule has 0 heterocycles. The molecule has 19 heavy (non-hydrogen) atoms. The zero-order valence-corrected chi connectivity index (χ0v) is 10.7. The second-order valence-corrected chi connectivity index (χ2v) is 4.68. The summed E-state index contributed by atoms with van der Waals surface area (Å²) in [6.07, 6.45) is 7.78. The Balaban J connectivity index is 1.97. The van der Waals surface area contributed by atoms with Crippen LogP contribution in [0.1, 0.15) is 32.1 Å². The molecule has 0 saturated heterocycles. The third-order valence-electron chi connectivity index (χ3n) is 3.32. The van der Waals surface area contributed by atoms with Gasteiger partial charge in [0.05, 0.1) is 4.92 Å². The Hall–Kier alpha value is -1.91. The van der Waals surface area contributed by atoms with Crippen LogP contribution in [-0.4, -0.2) is 11.5 Å². The summed E-state index contributed by atoms with van der Waals surface area (Å²) in [5.74, 6) is -0.799. The molecule has 1 aliphatic rings. The van der Waals surface area contributed by atoms with Gasteiger partial charge in [-0.1, -0.05) is 17.7 Å². The van der Waals surface area contributed by atoms with Crippen molar-refractivity contribution in [3.8, 4) is 0 Å². The summed E-state index contributed by atoms with van der Waals surface area (Å²) in [5, 5.41) is 13.8. The van der Waals surface area contributed by atoms with Crippen LogP contribution in [0, 0.1) is 15.9 Å². The second-order valence-electron chi connectivity index (χ2n) is 4.68. The monoisotopic (exact) mass is 264 g/mol. The van der Waals surface area contributed by atoms with E-state index in [1.165, 1.54) is 30.5 Å². The van der Waals surface area contributed by atoms with E-state index in [2.05, 4.69) is 11.4 Å². The van der Waals surface area contributed by atoms with E-state index in [0.29, 0.717) is 6.54 Å². The van der Waals surface area contributed by atoms with Crippen molar-refractivity contribution in [2.75, 3.05) is 11.9 Å². The Bertz CT molecular complexity index is 500. The molecule has 4 nitrogen and oxygen atoms in total. The van der Waals surface area contributed by atoms with Gasteiger partial charge in [0.1, 0.15) is 5.69 Å². The van der Waals surface area contributed by atoms with Crippen LogP contribution >= 0.6 is 0 Å². The lowest BCUT2D eigenvalue weighted by Crippen LogP contribution is -2.07. The van der Waals surface area contributed by atoms with Gasteiger partial charge >= 0.3 is 5.69 Å². The third-order valence-corrected chi connectivity index (χ3v) is 3.32. The summed E-state index contributed by atoms with van der Waals surface area (Å²) in [7, 11) is 0. The summed E-state index contributed by atoms with van der Waals surface area (Å²) in [4.78, 5) is 10.1. The Labute approximate surface area is 111 Å². The molecule has 0 aliphatic heterocycles. The fourth-order valence-electron chi connectivity index (χ4n) is 2.33. The molecule has 0 spiro atoms. The third kappa shape index (κ3) is 3.53. The SMILES string of the molecule is O=[N+]([O-])c1c(F)cccc1NCCC1=CCCCC1. The molecule has 0 radical (unpaired) electrons. The molecule has 1 aliphatic carbocycles. The highest BCUT2D eigenvalue weighted by Crippen LogP contribution is 2.27. The fraction of sp³-hybridized carbons (Fsp3) is 0.429. The van der Waals surface area contributed by atoms with Gasteiger partial charge in [-0.3, -0.25) is 10.1 Å². The Morgan fingerprint density at radius 1 is 1.37 bits per heavy atom. The summed E-state index contributed by atoms with van der Waals surface area (Å²) < 4.78 is 13.4. The second kappa shape index (κ2) is 6.31. The van der Waals surface area contributed by atoms with Crippen LogP contribution in [0.2, 0.25) is 0 Å². The number of nitrogens with one attached hydrogen (secondary N) is 1. The zero-order valence-electron chi connectivity index (χ0n) is 10.7. The predicted molar refractivity (Wildman–Crippen MR) is 72.7 cm³/mol. The van der Waals surface area contributed by atoms with Gasteiger partial charge in [0, 0.05) is 6.54 Å². The van der Waals surface area contributed by atoms with Crippen molar-refractivity contribution in [1.82, 2.24) is 0 Å². The number of allylic oxidation sites excluding steroid dienone is 1. The average Bonchev–Trinajstić information content (AvgIpc) is 2.39. The minimum atomic E-state index is -0.799. The largest absolute Gasteiger partial charge is 0.379 e. The van der Waals surface area contributed by atoms with Gasteiger partial charge in [0.25, 0.3) is 0 Å². The van der Waals surface area contributed by atoms with Crippen molar-refractivity contribution >= 4 is 11.4 Å². The number of benzene rings is 1. The molecule has 2 rings (SSSR count). The molecule has 0 fully saturated rings. The van der Waals surface area contributed by atoms with Crippen LogP contribution in [-0.2, 0) is 0 Å². The van der Waals surface area contributed by atoms with Crippen LogP contribution in [0.3, 0.4) is 0 Å². The summed E-state index contributed by atoms with van der Waals surface area (Å²) in [6, 6.07) is 4.12. The van der Waals surface area contributed by atoms with Crippen LogP contribution in [0.4, 0.5) is 15.8 Å². The number of nitro benzene ring substituents is 1. The molecule has 1 N–H and O–H groups in total. The lowest BCUT2D eigenvalue weighted by molar-refractivity contribution is -0.386. The van der Waals surface area contributed by atoms with E-state index in [0.717, 1.165) is 25.3 Å². The van der Waals surface area contributed by atoms with E-state index in [4.69, 9.17) is 0 Å². The van der Waals surface area contributed by atoms with E-state index >= 15 is 0 Å². The minimum Gasteiger partial charge on any atom is -0.379 e. The summed E-state index contributed by atoms with van der Waals surface area (Å²) in [5.41, 5.74) is 1.17. The van der Waals surface area contributed by atoms with Crippen LogP contribution in [0.5, 0.6) is 0 Å². The van der Waals surface area contributed by atoms with Gasteiger partial charge in [-0.25, -0.2) is 0 Å². The van der Waals surface area contributed by atoms with Gasteiger partial charge in [0.15, 0.2) is 0 Å². The van der Waals surface area contributed by atoms with Crippen molar-refractivity contribution in [1.29, 1.82) is 0 Å². The first-order chi connectivity index (χ1) is 9.18. The number of halogens is 1. The van der Waals surface area contributed by atoms with E-state index in [-0.39, 0.29) is 5.69 Å². The first-order valence-corrected chi connectivity index (χ1v) is 6.53. The first-order valence-electron chi connectivity index (χ1n) is 6.53. The predicted octanol–water partition coefficient (Wildman–Crippen LogP) is 4.04. The number of nitrogens with zero attached hydrogens (tertiary/aromatic N) is 1. The molecular weight excluding hydrogens is 247 g/mol. The van der Waals surface area contributed by atoms with Crippen LogP contribution < -0.4 is 5.32 Å². The maximum Gasteiger partial charge on any atom is 0.327 e. The van der Waals surface area contributed by atoms with Crippen molar-refractivity contribution in [2.24, 2.45) is 0 Å². The Morgan fingerprint density at radius 2 is 2.21 bits per heavy atom. The highest BCUT2D eigenvalue weighted by molar-refractivity contribution is 5.61. The van der Waals surface area contributed by atoms with Crippen molar-refractivity contribution in [3.05, 3.63) is 45.8 Å². The number of hydrogen-bond donors (Lipinski definition) is 1. The molecule has 0 bridgehead atoms. The van der Waals surface area contributed by atoms with Crippen molar-refractivity contribution in [2.45, 2.75) is 32.1 Å². The van der Waals surface area contributed by atoms with E-state index in [9.17, 15) is 14.5 Å². The molecule has 0 aromatic heterocycles. The molecular formula is C14H17FN2O2. The number of anilines is 1. The number of rotatable bonds is 5. The van der Waals surface area contributed by atoms with E-state index in [1.807, 2.05) is 0 Å². The average molecular weight is 264 g/mol. The van der Waals surface area contributed by atoms with Crippen molar-refractivity contribution in [3.63, 3.8) is 0 Å². The topological polar surface area (TPSA) is 55.2 Å². The molecule has 1 aromatic carbocycles. The standard InChI is InChI=1S/C14H17FN2O2/c15-12-7-4-8-13(14(12)17(18)19)16-10-9-11-5-2-1-3-6-11/h4-5,7-8,16H,1-3,6,9-10H2. The number of hydrogen-bond acceptors (Lipinski definition) is 3. The highest BCUT2D eigenvalue weighted by atomic mass is 19.1. The highest BCUT2D eigenvalue weighted by Gasteiger charge is 2.19. The first kappa shape index (κ1) is 13.5. The minimum absolute atomic E-state index is 0.251. The molecule has 1 aromatic rings. The van der Waals surface area contributed by atoms with Gasteiger partial charge < -0.3 is 5.32 Å². The summed E-state index contributed by atoms with van der Waals surface area (Å²) >= 11 is 0. The molecule has 5 heteroatoms. The fourth-order valence-corrected chi connectivity index (χ4v) is 2.33. The van der Waals surface area contributed by atoms with E-state index in [1.54, 1.807) is 0 Å². The maximum atomic E-state index is 13.4. The van der Waals surface area contributed by atoms with Gasteiger partial charge in [-0.2, -0.15) is 4.39 Å². The lowest BCUT2D eigenvalue weighted by Gasteiger charge is -2.13. The number of para-hydroxylation sites is 1. The van der Waals surface area contributed by atoms with Gasteiger partial charge in [-0.15, -0.1) is 0 Å². The van der Waals surface area contributed by atoms with E-state index < -0.39 is 16.4 Å². The smallest absolute Gasteiger partial charge is 0.327 e. The lowest BCUT2D eigenvalue weighted by atomic mass is 9.97. The maximum absolute atomic E-state index is 13.4. The molecule has 0 unspecified atom stereocenters. The summed E-state index contributed by atoms with van der Waals surface area (Å²) in [6.45, 7) is 0.593. The molecule has 0 saturated carbocycles. The van der Waals surface area contributed by atoms with Gasteiger partial charge in [0.2, 0.25) is 5.82 Å². The molecule has 0 amide bonds. The van der Waals surface area contributed by atoms with Gasteiger partial charge in [-0.05, 0) is 44.2 Å². The Kier molecular flexibility index (Phi) is 4.49. The molecule has 0 atom stereocenters. The molecule has 102 valence electrons. The van der Waals surface area contributed by atoms with Crippen molar-refractivity contribution < 1.29 is 9.31 Å². The quantitative estimate of drug-likeness (QED) is 0.496. The zero-order chi connectivity index (χ0) is 13.7. The van der Waals surface area contributed by atoms with Crippen LogP contribution in [0.15, 0.2) is 29.8 Å². The van der Waals surface area contributed by atoms with Crippen LogP contribution in [0.25, 0.3) is 0 Å². The normalized spacial score (nSPS) is 14.9. The number of nitro groups is 1.